The molecule has 0 saturated heterocycles. The van der Waals surface area contributed by atoms with Gasteiger partial charge in [0.1, 0.15) is 0 Å². The lowest BCUT2D eigenvalue weighted by molar-refractivity contribution is 0.303. The van der Waals surface area contributed by atoms with Crippen molar-refractivity contribution in [2.45, 2.75) is 40.3 Å². The Morgan fingerprint density at radius 1 is 1.44 bits per heavy atom. The van der Waals surface area contributed by atoms with Gasteiger partial charge < -0.3 is 0 Å². The van der Waals surface area contributed by atoms with E-state index in [1.807, 2.05) is 4.68 Å². The van der Waals surface area contributed by atoms with E-state index in [-0.39, 0.29) is 0 Å². The SMILES string of the molecule is CCc1cc(CN(CC)CC#N)n(CC)n1. The molecule has 1 aromatic rings. The summed E-state index contributed by atoms with van der Waals surface area (Å²) in [5.74, 6) is 0. The van der Waals surface area contributed by atoms with Crippen LogP contribution in [0, 0.1) is 11.3 Å². The van der Waals surface area contributed by atoms with Crippen LogP contribution in [-0.4, -0.2) is 27.8 Å². The van der Waals surface area contributed by atoms with Crippen LogP contribution >= 0.6 is 0 Å². The van der Waals surface area contributed by atoms with Crippen LogP contribution in [0.2, 0.25) is 0 Å². The highest BCUT2D eigenvalue weighted by atomic mass is 15.3. The fourth-order valence-corrected chi connectivity index (χ4v) is 1.70. The molecular formula is C12H20N4. The zero-order chi connectivity index (χ0) is 12.0. The van der Waals surface area contributed by atoms with Crippen LogP contribution in [0.1, 0.15) is 32.2 Å². The van der Waals surface area contributed by atoms with Crippen molar-refractivity contribution in [1.82, 2.24) is 14.7 Å². The van der Waals surface area contributed by atoms with Gasteiger partial charge in [0.15, 0.2) is 0 Å². The molecule has 0 bridgehead atoms. The molecule has 0 radical (unpaired) electrons. The van der Waals surface area contributed by atoms with Gasteiger partial charge in [-0.1, -0.05) is 13.8 Å². The first-order valence-corrected chi connectivity index (χ1v) is 5.90. The molecule has 0 aliphatic heterocycles. The Labute approximate surface area is 97.5 Å². The van der Waals surface area contributed by atoms with E-state index in [9.17, 15) is 0 Å². The summed E-state index contributed by atoms with van der Waals surface area (Å²) in [5.41, 5.74) is 2.33. The molecule has 0 unspecified atom stereocenters. The maximum Gasteiger partial charge on any atom is 0.0869 e. The highest BCUT2D eigenvalue weighted by Gasteiger charge is 2.09. The number of aryl methyl sites for hydroxylation is 2. The lowest BCUT2D eigenvalue weighted by Crippen LogP contribution is -2.24. The number of rotatable bonds is 6. The van der Waals surface area contributed by atoms with E-state index in [1.165, 1.54) is 5.69 Å². The minimum Gasteiger partial charge on any atom is -0.285 e. The number of nitriles is 1. The van der Waals surface area contributed by atoms with Crippen LogP contribution in [0.4, 0.5) is 0 Å². The van der Waals surface area contributed by atoms with Gasteiger partial charge in [-0.25, -0.2) is 0 Å². The maximum atomic E-state index is 8.71. The fraction of sp³-hybridized carbons (Fsp3) is 0.667. The van der Waals surface area contributed by atoms with Crippen LogP contribution in [-0.2, 0) is 19.5 Å². The largest absolute Gasteiger partial charge is 0.285 e. The Morgan fingerprint density at radius 2 is 2.19 bits per heavy atom. The first-order chi connectivity index (χ1) is 7.74. The summed E-state index contributed by atoms with van der Waals surface area (Å²) in [6.45, 7) is 9.35. The molecule has 0 aromatic carbocycles. The van der Waals surface area contributed by atoms with Gasteiger partial charge in [0.2, 0.25) is 0 Å². The third-order valence-corrected chi connectivity index (χ3v) is 2.70. The second kappa shape index (κ2) is 6.29. The van der Waals surface area contributed by atoms with Crippen molar-refractivity contribution >= 4 is 0 Å². The quantitative estimate of drug-likeness (QED) is 0.687. The highest BCUT2D eigenvalue weighted by molar-refractivity contribution is 5.10. The van der Waals surface area contributed by atoms with Crippen molar-refractivity contribution in [2.24, 2.45) is 0 Å². The van der Waals surface area contributed by atoms with E-state index in [1.54, 1.807) is 0 Å². The van der Waals surface area contributed by atoms with Crippen LogP contribution in [0.25, 0.3) is 0 Å². The van der Waals surface area contributed by atoms with E-state index in [4.69, 9.17) is 5.26 Å². The minimum atomic E-state index is 0.479. The van der Waals surface area contributed by atoms with Crippen molar-refractivity contribution in [3.05, 3.63) is 17.5 Å². The number of hydrogen-bond donors (Lipinski definition) is 0. The standard InChI is InChI=1S/C12H20N4/c1-4-11-9-12(16(6-3)14-11)10-15(5-2)8-7-13/h9H,4-6,8,10H2,1-3H3. The van der Waals surface area contributed by atoms with Gasteiger partial charge in [-0.3, -0.25) is 9.58 Å². The summed E-state index contributed by atoms with van der Waals surface area (Å²) in [4.78, 5) is 2.11. The van der Waals surface area contributed by atoms with Crippen molar-refractivity contribution in [3.8, 4) is 6.07 Å². The molecular weight excluding hydrogens is 200 g/mol. The first-order valence-electron chi connectivity index (χ1n) is 5.90. The lowest BCUT2D eigenvalue weighted by atomic mass is 10.3. The molecule has 1 heterocycles. The third kappa shape index (κ3) is 3.07. The highest BCUT2D eigenvalue weighted by Crippen LogP contribution is 2.08. The smallest absolute Gasteiger partial charge is 0.0869 e. The molecule has 0 spiro atoms. The summed E-state index contributed by atoms with van der Waals surface area (Å²) in [5, 5.41) is 13.2. The molecule has 1 aromatic heterocycles. The van der Waals surface area contributed by atoms with Gasteiger partial charge in [-0.05, 0) is 26.0 Å². The van der Waals surface area contributed by atoms with E-state index < -0.39 is 0 Å². The molecule has 0 N–H and O–H groups in total. The zero-order valence-corrected chi connectivity index (χ0v) is 10.4. The number of hydrogen-bond acceptors (Lipinski definition) is 3. The molecule has 0 amide bonds. The van der Waals surface area contributed by atoms with Gasteiger partial charge in [0.05, 0.1) is 24.0 Å². The fourth-order valence-electron chi connectivity index (χ4n) is 1.70. The molecule has 4 heteroatoms. The maximum absolute atomic E-state index is 8.71. The topological polar surface area (TPSA) is 44.9 Å². The predicted molar refractivity (Wildman–Crippen MR) is 63.8 cm³/mol. The summed E-state index contributed by atoms with van der Waals surface area (Å²) in [6, 6.07) is 4.34. The van der Waals surface area contributed by atoms with Crippen molar-refractivity contribution in [2.75, 3.05) is 13.1 Å². The minimum absolute atomic E-state index is 0.479. The van der Waals surface area contributed by atoms with Crippen molar-refractivity contribution < 1.29 is 0 Å². The number of nitrogens with zero attached hydrogens (tertiary/aromatic N) is 4. The molecule has 4 nitrogen and oxygen atoms in total. The van der Waals surface area contributed by atoms with E-state index >= 15 is 0 Å². The van der Waals surface area contributed by atoms with Gasteiger partial charge in [-0.2, -0.15) is 10.4 Å². The second-order valence-electron chi connectivity index (χ2n) is 3.76. The lowest BCUT2D eigenvalue weighted by Gasteiger charge is -2.16. The van der Waals surface area contributed by atoms with Crippen molar-refractivity contribution in [1.29, 1.82) is 5.26 Å². The normalized spacial score (nSPS) is 10.7. The van der Waals surface area contributed by atoms with E-state index in [0.29, 0.717) is 6.54 Å². The second-order valence-corrected chi connectivity index (χ2v) is 3.76. The Balaban J connectivity index is 2.78. The van der Waals surface area contributed by atoms with E-state index in [2.05, 4.69) is 42.9 Å². The van der Waals surface area contributed by atoms with Gasteiger partial charge in [0.25, 0.3) is 0 Å². The average Bonchev–Trinajstić information content (AvgIpc) is 2.70. The Kier molecular flexibility index (Phi) is 5.00. The molecule has 1 rings (SSSR count). The molecule has 16 heavy (non-hydrogen) atoms. The molecule has 0 fully saturated rings. The van der Waals surface area contributed by atoms with Crippen molar-refractivity contribution in [3.63, 3.8) is 0 Å². The van der Waals surface area contributed by atoms with E-state index in [0.717, 1.165) is 31.7 Å². The first kappa shape index (κ1) is 12.7. The number of aromatic nitrogens is 2. The summed E-state index contributed by atoms with van der Waals surface area (Å²) >= 11 is 0. The zero-order valence-electron chi connectivity index (χ0n) is 10.4. The van der Waals surface area contributed by atoms with Crippen LogP contribution in [0.15, 0.2) is 6.07 Å². The third-order valence-electron chi connectivity index (χ3n) is 2.70. The summed E-state index contributed by atoms with van der Waals surface area (Å²) in [7, 11) is 0. The van der Waals surface area contributed by atoms with Gasteiger partial charge >= 0.3 is 0 Å². The Morgan fingerprint density at radius 3 is 2.69 bits per heavy atom. The molecule has 0 aliphatic carbocycles. The Hall–Kier alpha value is -1.34. The monoisotopic (exact) mass is 220 g/mol. The van der Waals surface area contributed by atoms with Crippen LogP contribution < -0.4 is 0 Å². The van der Waals surface area contributed by atoms with Gasteiger partial charge in [-0.15, -0.1) is 0 Å². The van der Waals surface area contributed by atoms with Gasteiger partial charge in [0, 0.05) is 13.1 Å². The molecule has 0 aliphatic rings. The Bertz CT molecular complexity index is 362. The average molecular weight is 220 g/mol. The molecule has 0 atom stereocenters. The molecule has 0 saturated carbocycles. The van der Waals surface area contributed by atoms with Crippen LogP contribution in [0.3, 0.4) is 0 Å². The molecule has 88 valence electrons. The summed E-state index contributed by atoms with van der Waals surface area (Å²) in [6.07, 6.45) is 0.963. The van der Waals surface area contributed by atoms with Crippen LogP contribution in [0.5, 0.6) is 0 Å². The predicted octanol–water partition coefficient (Wildman–Crippen LogP) is 1.81. The summed E-state index contributed by atoms with van der Waals surface area (Å²) < 4.78 is 2.03.